The molecule has 1 aromatic rings. The monoisotopic (exact) mass is 378 g/mol. The Morgan fingerprint density at radius 3 is 2.31 bits per heavy atom. The standard InChI is InChI=1S/C19H30N4O2S/c1-12(2)10-11-20-19(26)23-22-18(25)16(13(3)4)21-17(24)15-9-7-6-8-14(15)5/h6-9,12-13,16H,10-11H2,1-5H3,(H,21,24)(H,22,25)(H2,20,23,26)/t16-/m0/s1. The molecule has 0 aliphatic carbocycles. The predicted octanol–water partition coefficient (Wildman–Crippen LogP) is 2.29. The number of carbonyl (C=O) groups excluding carboxylic acids is 2. The predicted molar refractivity (Wildman–Crippen MR) is 109 cm³/mol. The van der Waals surface area contributed by atoms with Gasteiger partial charge in [-0.3, -0.25) is 20.4 Å². The van der Waals surface area contributed by atoms with Gasteiger partial charge in [-0.2, -0.15) is 0 Å². The molecule has 0 unspecified atom stereocenters. The molecule has 0 fully saturated rings. The summed E-state index contributed by atoms with van der Waals surface area (Å²) in [6.45, 7) is 10.6. The molecule has 0 aromatic heterocycles. The topological polar surface area (TPSA) is 82.3 Å². The summed E-state index contributed by atoms with van der Waals surface area (Å²) in [5.41, 5.74) is 6.67. The van der Waals surface area contributed by atoms with Crippen LogP contribution in [-0.2, 0) is 4.79 Å². The number of hydrogen-bond acceptors (Lipinski definition) is 3. The molecule has 2 amide bonds. The normalized spacial score (nSPS) is 11.8. The Morgan fingerprint density at radius 1 is 1.08 bits per heavy atom. The number of amides is 2. The first-order valence-electron chi connectivity index (χ1n) is 8.92. The number of thiocarbonyl (C=S) groups is 1. The third-order valence-electron chi connectivity index (χ3n) is 3.93. The van der Waals surface area contributed by atoms with Crippen molar-refractivity contribution in [2.24, 2.45) is 11.8 Å². The van der Waals surface area contributed by atoms with Gasteiger partial charge in [0.2, 0.25) is 0 Å². The fourth-order valence-electron chi connectivity index (χ4n) is 2.30. The molecule has 6 nitrogen and oxygen atoms in total. The van der Waals surface area contributed by atoms with Crippen molar-refractivity contribution in [1.29, 1.82) is 0 Å². The van der Waals surface area contributed by atoms with E-state index in [1.165, 1.54) is 0 Å². The van der Waals surface area contributed by atoms with Crippen molar-refractivity contribution in [1.82, 2.24) is 21.5 Å². The summed E-state index contributed by atoms with van der Waals surface area (Å²) in [5, 5.41) is 6.18. The summed E-state index contributed by atoms with van der Waals surface area (Å²) in [5.74, 6) is -0.112. The largest absolute Gasteiger partial charge is 0.361 e. The van der Waals surface area contributed by atoms with E-state index in [0.717, 1.165) is 18.5 Å². The summed E-state index contributed by atoms with van der Waals surface area (Å²) in [4.78, 5) is 24.9. The van der Waals surface area contributed by atoms with Gasteiger partial charge < -0.3 is 10.6 Å². The molecule has 1 aromatic carbocycles. The molecule has 0 bridgehead atoms. The zero-order valence-corrected chi connectivity index (χ0v) is 17.0. The van der Waals surface area contributed by atoms with Gasteiger partial charge in [0.1, 0.15) is 6.04 Å². The number of nitrogens with one attached hydrogen (secondary N) is 4. The van der Waals surface area contributed by atoms with Gasteiger partial charge in [0.25, 0.3) is 11.8 Å². The van der Waals surface area contributed by atoms with Gasteiger partial charge in [0, 0.05) is 12.1 Å². The molecule has 7 heteroatoms. The molecule has 1 rings (SSSR count). The first kappa shape index (κ1) is 21.9. The van der Waals surface area contributed by atoms with Crippen LogP contribution in [0.1, 0.15) is 50.0 Å². The van der Waals surface area contributed by atoms with Gasteiger partial charge >= 0.3 is 0 Å². The third kappa shape index (κ3) is 7.39. The fraction of sp³-hybridized carbons (Fsp3) is 0.526. The van der Waals surface area contributed by atoms with Crippen LogP contribution in [0.2, 0.25) is 0 Å². The highest BCUT2D eigenvalue weighted by Crippen LogP contribution is 2.09. The van der Waals surface area contributed by atoms with Crippen molar-refractivity contribution in [3.05, 3.63) is 35.4 Å². The second-order valence-corrected chi connectivity index (χ2v) is 7.47. The molecule has 1 atom stereocenters. The lowest BCUT2D eigenvalue weighted by Crippen LogP contribution is -2.56. The lowest BCUT2D eigenvalue weighted by atomic mass is 10.0. The van der Waals surface area contributed by atoms with E-state index in [2.05, 4.69) is 35.3 Å². The highest BCUT2D eigenvalue weighted by atomic mass is 32.1. The highest BCUT2D eigenvalue weighted by Gasteiger charge is 2.25. The molecule has 0 heterocycles. The van der Waals surface area contributed by atoms with Gasteiger partial charge in [-0.25, -0.2) is 0 Å². The second kappa shape index (κ2) is 10.8. The van der Waals surface area contributed by atoms with Crippen LogP contribution in [0.3, 0.4) is 0 Å². The van der Waals surface area contributed by atoms with Crippen LogP contribution < -0.4 is 21.5 Å². The number of hydrogen-bond donors (Lipinski definition) is 4. The van der Waals surface area contributed by atoms with Crippen LogP contribution >= 0.6 is 12.2 Å². The number of benzene rings is 1. The fourth-order valence-corrected chi connectivity index (χ4v) is 2.45. The van der Waals surface area contributed by atoms with E-state index in [-0.39, 0.29) is 17.7 Å². The molecule has 0 saturated heterocycles. The molecular formula is C19H30N4O2S. The van der Waals surface area contributed by atoms with Crippen LogP contribution in [0.25, 0.3) is 0 Å². The van der Waals surface area contributed by atoms with Gasteiger partial charge in [-0.05, 0) is 49.0 Å². The average molecular weight is 379 g/mol. The van der Waals surface area contributed by atoms with Crippen molar-refractivity contribution >= 4 is 29.1 Å². The zero-order chi connectivity index (χ0) is 19.7. The Balaban J connectivity index is 2.58. The molecule has 26 heavy (non-hydrogen) atoms. The SMILES string of the molecule is Cc1ccccc1C(=O)N[C@H](C(=O)NNC(=S)NCCC(C)C)C(C)C. The first-order chi connectivity index (χ1) is 12.2. The van der Waals surface area contributed by atoms with E-state index >= 15 is 0 Å². The number of aryl methyl sites for hydroxylation is 1. The maximum absolute atomic E-state index is 12.5. The van der Waals surface area contributed by atoms with E-state index in [9.17, 15) is 9.59 Å². The minimum Gasteiger partial charge on any atom is -0.361 e. The smallest absolute Gasteiger partial charge is 0.261 e. The summed E-state index contributed by atoms with van der Waals surface area (Å²) in [6.07, 6.45) is 0.983. The molecule has 144 valence electrons. The molecule has 0 spiro atoms. The Morgan fingerprint density at radius 2 is 1.73 bits per heavy atom. The lowest BCUT2D eigenvalue weighted by molar-refractivity contribution is -0.124. The quantitative estimate of drug-likeness (QED) is 0.432. The lowest BCUT2D eigenvalue weighted by Gasteiger charge is -2.23. The molecule has 0 aliphatic heterocycles. The molecule has 0 saturated carbocycles. The Labute approximate surface area is 161 Å². The van der Waals surface area contributed by atoms with E-state index < -0.39 is 6.04 Å². The third-order valence-corrected chi connectivity index (χ3v) is 4.18. The molecular weight excluding hydrogens is 348 g/mol. The van der Waals surface area contributed by atoms with Gasteiger partial charge in [-0.15, -0.1) is 0 Å². The zero-order valence-electron chi connectivity index (χ0n) is 16.2. The summed E-state index contributed by atoms with van der Waals surface area (Å²) < 4.78 is 0. The van der Waals surface area contributed by atoms with E-state index in [0.29, 0.717) is 16.6 Å². The van der Waals surface area contributed by atoms with Crippen molar-refractivity contribution in [3.63, 3.8) is 0 Å². The maximum Gasteiger partial charge on any atom is 0.261 e. The Bertz CT molecular complexity index is 632. The van der Waals surface area contributed by atoms with E-state index in [1.807, 2.05) is 32.9 Å². The van der Waals surface area contributed by atoms with Crippen LogP contribution in [-0.4, -0.2) is 29.5 Å². The van der Waals surface area contributed by atoms with Crippen LogP contribution in [0.15, 0.2) is 24.3 Å². The van der Waals surface area contributed by atoms with Crippen molar-refractivity contribution in [2.75, 3.05) is 6.54 Å². The average Bonchev–Trinajstić information content (AvgIpc) is 2.57. The van der Waals surface area contributed by atoms with E-state index in [4.69, 9.17) is 12.2 Å². The molecule has 0 aliphatic rings. The van der Waals surface area contributed by atoms with Crippen molar-refractivity contribution in [3.8, 4) is 0 Å². The molecule has 0 radical (unpaired) electrons. The van der Waals surface area contributed by atoms with Crippen molar-refractivity contribution < 1.29 is 9.59 Å². The Hall–Kier alpha value is -2.15. The van der Waals surface area contributed by atoms with Gasteiger partial charge in [0.15, 0.2) is 5.11 Å². The number of hydrazine groups is 1. The van der Waals surface area contributed by atoms with Crippen LogP contribution in [0.4, 0.5) is 0 Å². The minimum absolute atomic E-state index is 0.0766. The number of carbonyl (C=O) groups is 2. The Kier molecular flexibility index (Phi) is 9.05. The second-order valence-electron chi connectivity index (χ2n) is 7.06. The molecule has 4 N–H and O–H groups in total. The minimum atomic E-state index is -0.673. The van der Waals surface area contributed by atoms with Crippen molar-refractivity contribution in [2.45, 2.75) is 47.1 Å². The van der Waals surface area contributed by atoms with Gasteiger partial charge in [-0.1, -0.05) is 45.9 Å². The van der Waals surface area contributed by atoms with Crippen LogP contribution in [0, 0.1) is 18.8 Å². The summed E-state index contributed by atoms with van der Waals surface area (Å²) in [6, 6.07) is 6.60. The van der Waals surface area contributed by atoms with Gasteiger partial charge in [0.05, 0.1) is 0 Å². The number of rotatable bonds is 7. The van der Waals surface area contributed by atoms with E-state index in [1.54, 1.807) is 12.1 Å². The highest BCUT2D eigenvalue weighted by molar-refractivity contribution is 7.80. The van der Waals surface area contributed by atoms with Crippen LogP contribution in [0.5, 0.6) is 0 Å². The summed E-state index contributed by atoms with van der Waals surface area (Å²) in [7, 11) is 0. The maximum atomic E-state index is 12.5. The summed E-state index contributed by atoms with van der Waals surface area (Å²) >= 11 is 5.13. The first-order valence-corrected chi connectivity index (χ1v) is 9.33.